The molecule has 5 nitrogen and oxygen atoms in total. The van der Waals surface area contributed by atoms with Gasteiger partial charge in [-0.05, 0) is 29.3 Å². The molecule has 26 heavy (non-hydrogen) atoms. The number of benzene rings is 2. The standard InChI is InChI=1S/C20H22FNO4/c21-17-7-5-15(6-8-17)11-20(14-23)13-22(9-10-26-20)12-16-3-1-2-4-18(16)19(24)25/h1-8,23H,9-14H2,(H,24,25). The Morgan fingerprint density at radius 3 is 2.62 bits per heavy atom. The van der Waals surface area contributed by atoms with Crippen molar-refractivity contribution in [2.75, 3.05) is 26.3 Å². The van der Waals surface area contributed by atoms with Crippen LogP contribution < -0.4 is 0 Å². The van der Waals surface area contributed by atoms with E-state index in [1.54, 1.807) is 30.3 Å². The molecule has 1 saturated heterocycles. The maximum Gasteiger partial charge on any atom is 0.336 e. The van der Waals surface area contributed by atoms with Crippen LogP contribution in [-0.2, 0) is 17.7 Å². The van der Waals surface area contributed by atoms with E-state index in [1.165, 1.54) is 12.1 Å². The molecule has 1 aliphatic heterocycles. The highest BCUT2D eigenvalue weighted by molar-refractivity contribution is 5.89. The third-order valence-corrected chi connectivity index (χ3v) is 4.70. The smallest absolute Gasteiger partial charge is 0.336 e. The van der Waals surface area contributed by atoms with Crippen molar-refractivity contribution in [2.45, 2.75) is 18.6 Å². The Labute approximate surface area is 151 Å². The van der Waals surface area contributed by atoms with E-state index in [9.17, 15) is 19.4 Å². The average molecular weight is 359 g/mol. The molecular weight excluding hydrogens is 337 g/mol. The third-order valence-electron chi connectivity index (χ3n) is 4.70. The number of ether oxygens (including phenoxy) is 1. The van der Waals surface area contributed by atoms with Crippen molar-refractivity contribution in [3.63, 3.8) is 0 Å². The SMILES string of the molecule is O=C(O)c1ccccc1CN1CCOC(CO)(Cc2ccc(F)cc2)C1. The summed E-state index contributed by atoms with van der Waals surface area (Å²) in [6.45, 7) is 1.86. The van der Waals surface area contributed by atoms with Gasteiger partial charge in [-0.2, -0.15) is 0 Å². The molecule has 2 aromatic rings. The van der Waals surface area contributed by atoms with Crippen molar-refractivity contribution >= 4 is 5.97 Å². The van der Waals surface area contributed by atoms with E-state index in [0.29, 0.717) is 32.7 Å². The van der Waals surface area contributed by atoms with Crippen molar-refractivity contribution < 1.29 is 24.1 Å². The number of carboxylic acids is 1. The molecular formula is C20H22FNO4. The number of aromatic carboxylic acids is 1. The molecule has 1 heterocycles. The lowest BCUT2D eigenvalue weighted by Crippen LogP contribution is -2.55. The minimum absolute atomic E-state index is 0.165. The van der Waals surface area contributed by atoms with Crippen LogP contribution in [0.2, 0.25) is 0 Å². The molecule has 138 valence electrons. The van der Waals surface area contributed by atoms with Crippen molar-refractivity contribution in [3.8, 4) is 0 Å². The minimum atomic E-state index is -0.950. The lowest BCUT2D eigenvalue weighted by Gasteiger charge is -2.42. The largest absolute Gasteiger partial charge is 0.478 e. The van der Waals surface area contributed by atoms with E-state index in [4.69, 9.17) is 4.74 Å². The second-order valence-electron chi connectivity index (χ2n) is 6.67. The summed E-state index contributed by atoms with van der Waals surface area (Å²) in [7, 11) is 0. The van der Waals surface area contributed by atoms with Crippen molar-refractivity contribution in [3.05, 3.63) is 71.0 Å². The number of aliphatic hydroxyl groups excluding tert-OH is 1. The quantitative estimate of drug-likeness (QED) is 0.828. The minimum Gasteiger partial charge on any atom is -0.478 e. The highest BCUT2D eigenvalue weighted by Crippen LogP contribution is 2.25. The number of hydrogen-bond donors (Lipinski definition) is 2. The van der Waals surface area contributed by atoms with Crippen LogP contribution in [0.3, 0.4) is 0 Å². The van der Waals surface area contributed by atoms with Crippen molar-refractivity contribution in [1.82, 2.24) is 4.90 Å². The van der Waals surface area contributed by atoms with Crippen LogP contribution >= 0.6 is 0 Å². The Kier molecular flexibility index (Phi) is 5.66. The molecule has 3 rings (SSSR count). The fourth-order valence-electron chi connectivity index (χ4n) is 3.40. The molecule has 1 aliphatic rings. The van der Waals surface area contributed by atoms with Crippen LogP contribution in [0.5, 0.6) is 0 Å². The second kappa shape index (κ2) is 7.95. The lowest BCUT2D eigenvalue weighted by atomic mass is 9.92. The van der Waals surface area contributed by atoms with Gasteiger partial charge in [-0.15, -0.1) is 0 Å². The van der Waals surface area contributed by atoms with Gasteiger partial charge in [0.2, 0.25) is 0 Å². The van der Waals surface area contributed by atoms with Gasteiger partial charge in [0.05, 0.1) is 18.8 Å². The molecule has 1 unspecified atom stereocenters. The first-order valence-electron chi connectivity index (χ1n) is 8.54. The maximum absolute atomic E-state index is 13.1. The summed E-state index contributed by atoms with van der Waals surface area (Å²) in [6, 6.07) is 13.1. The summed E-state index contributed by atoms with van der Waals surface area (Å²) in [5.74, 6) is -1.25. The second-order valence-corrected chi connectivity index (χ2v) is 6.67. The van der Waals surface area contributed by atoms with E-state index >= 15 is 0 Å². The molecule has 1 atom stereocenters. The first-order chi connectivity index (χ1) is 12.5. The van der Waals surface area contributed by atoms with Crippen LogP contribution in [0.15, 0.2) is 48.5 Å². The highest BCUT2D eigenvalue weighted by atomic mass is 19.1. The number of morpholine rings is 1. The molecule has 2 aromatic carbocycles. The van der Waals surface area contributed by atoms with Crippen LogP contribution in [0.1, 0.15) is 21.5 Å². The monoisotopic (exact) mass is 359 g/mol. The third kappa shape index (κ3) is 4.27. The summed E-state index contributed by atoms with van der Waals surface area (Å²) >= 11 is 0. The fourth-order valence-corrected chi connectivity index (χ4v) is 3.40. The molecule has 0 spiro atoms. The zero-order valence-corrected chi connectivity index (χ0v) is 14.4. The topological polar surface area (TPSA) is 70.0 Å². The molecule has 2 N–H and O–H groups in total. The number of nitrogens with zero attached hydrogens (tertiary/aromatic N) is 1. The number of aliphatic hydroxyl groups is 1. The zero-order valence-electron chi connectivity index (χ0n) is 14.4. The van der Waals surface area contributed by atoms with Crippen LogP contribution in [0.25, 0.3) is 0 Å². The molecule has 0 bridgehead atoms. The Morgan fingerprint density at radius 2 is 1.92 bits per heavy atom. The van der Waals surface area contributed by atoms with Gasteiger partial charge in [-0.1, -0.05) is 30.3 Å². The summed E-state index contributed by atoms with van der Waals surface area (Å²) in [6.07, 6.45) is 0.459. The normalized spacial score (nSPS) is 20.8. The van der Waals surface area contributed by atoms with Gasteiger partial charge in [0.1, 0.15) is 11.4 Å². The van der Waals surface area contributed by atoms with Crippen LogP contribution in [-0.4, -0.2) is 53.0 Å². The van der Waals surface area contributed by atoms with Crippen LogP contribution in [0.4, 0.5) is 4.39 Å². The summed E-state index contributed by atoms with van der Waals surface area (Å²) in [4.78, 5) is 13.5. The van der Waals surface area contributed by atoms with E-state index in [2.05, 4.69) is 4.90 Å². The molecule has 1 fully saturated rings. The van der Waals surface area contributed by atoms with Crippen molar-refractivity contribution in [2.24, 2.45) is 0 Å². The average Bonchev–Trinajstić information content (AvgIpc) is 2.64. The Hall–Kier alpha value is -2.28. The summed E-state index contributed by atoms with van der Waals surface area (Å²) in [5.41, 5.74) is 1.12. The molecule has 6 heteroatoms. The van der Waals surface area contributed by atoms with Gasteiger partial charge in [0.25, 0.3) is 0 Å². The maximum atomic E-state index is 13.1. The van der Waals surface area contributed by atoms with Gasteiger partial charge in [-0.25, -0.2) is 9.18 Å². The molecule has 0 saturated carbocycles. The summed E-state index contributed by atoms with van der Waals surface area (Å²) in [5, 5.41) is 19.3. The zero-order chi connectivity index (χ0) is 18.6. The Balaban J connectivity index is 1.75. The van der Waals surface area contributed by atoms with Gasteiger partial charge >= 0.3 is 5.97 Å². The molecule has 0 aliphatic carbocycles. The number of carbonyl (C=O) groups is 1. The van der Waals surface area contributed by atoms with E-state index in [1.807, 2.05) is 6.07 Å². The van der Waals surface area contributed by atoms with Crippen LogP contribution in [0, 0.1) is 5.82 Å². The number of rotatable bonds is 6. The highest BCUT2D eigenvalue weighted by Gasteiger charge is 2.36. The van der Waals surface area contributed by atoms with Gasteiger partial charge in [0.15, 0.2) is 0 Å². The molecule has 0 radical (unpaired) electrons. The van der Waals surface area contributed by atoms with E-state index in [0.717, 1.165) is 11.1 Å². The predicted octanol–water partition coefficient (Wildman–Crippen LogP) is 2.33. The predicted molar refractivity (Wildman–Crippen MR) is 94.6 cm³/mol. The van der Waals surface area contributed by atoms with Gasteiger partial charge in [0, 0.05) is 26.1 Å². The van der Waals surface area contributed by atoms with Gasteiger partial charge in [-0.3, -0.25) is 4.90 Å². The van der Waals surface area contributed by atoms with Gasteiger partial charge < -0.3 is 14.9 Å². The first-order valence-corrected chi connectivity index (χ1v) is 8.54. The van der Waals surface area contributed by atoms with E-state index in [-0.39, 0.29) is 18.0 Å². The molecule has 0 aromatic heterocycles. The summed E-state index contributed by atoms with van der Waals surface area (Å²) < 4.78 is 19.0. The first kappa shape index (κ1) is 18.5. The number of halogens is 1. The Morgan fingerprint density at radius 1 is 1.19 bits per heavy atom. The number of carboxylic acid groups (broad SMARTS) is 1. The van der Waals surface area contributed by atoms with E-state index < -0.39 is 11.6 Å². The van der Waals surface area contributed by atoms with Crippen molar-refractivity contribution in [1.29, 1.82) is 0 Å². The number of hydrogen-bond acceptors (Lipinski definition) is 4. The molecule has 0 amide bonds. The Bertz CT molecular complexity index is 765. The fraction of sp³-hybridized carbons (Fsp3) is 0.350. The lowest BCUT2D eigenvalue weighted by molar-refractivity contribution is -0.134.